The molecule has 0 bridgehead atoms. The molecule has 1 aromatic rings. The first-order valence-electron chi connectivity index (χ1n) is 10.5. The highest BCUT2D eigenvalue weighted by molar-refractivity contribution is 5.98. The zero-order valence-corrected chi connectivity index (χ0v) is 19.0. The van der Waals surface area contributed by atoms with Gasteiger partial charge in [-0.3, -0.25) is 9.59 Å². The molecule has 1 aliphatic heterocycles. The molecular weight excluding hydrogens is 465 g/mol. The van der Waals surface area contributed by atoms with Crippen molar-refractivity contribution in [2.24, 2.45) is 0 Å². The Morgan fingerprint density at radius 3 is 2.71 bits per heavy atom. The Labute approximate surface area is 194 Å². The van der Waals surface area contributed by atoms with E-state index in [1.165, 1.54) is 19.4 Å². The van der Waals surface area contributed by atoms with Crippen LogP contribution in [0.3, 0.4) is 0 Å². The number of hydrogen-bond donors (Lipinski definition) is 1. The van der Waals surface area contributed by atoms with Crippen LogP contribution >= 0.6 is 0 Å². The summed E-state index contributed by atoms with van der Waals surface area (Å²) in [6.45, 7) is 2.41. The van der Waals surface area contributed by atoms with Gasteiger partial charge in [-0.2, -0.15) is 13.2 Å². The molecule has 1 aliphatic rings. The molecule has 3 atom stereocenters. The van der Waals surface area contributed by atoms with Crippen molar-refractivity contribution in [3.8, 4) is 11.5 Å². The molecule has 1 amide bonds. The van der Waals surface area contributed by atoms with Crippen LogP contribution in [0.4, 0.5) is 13.2 Å². The van der Waals surface area contributed by atoms with Crippen molar-refractivity contribution in [2.45, 2.75) is 57.5 Å². The zero-order chi connectivity index (χ0) is 25.3. The third kappa shape index (κ3) is 8.45. The molecule has 13 heteroatoms. The molecule has 10 nitrogen and oxygen atoms in total. The lowest BCUT2D eigenvalue weighted by Crippen LogP contribution is -2.46. The maximum absolute atomic E-state index is 12.8. The number of amides is 1. The number of halogens is 3. The highest BCUT2D eigenvalue weighted by Crippen LogP contribution is 2.29. The molecule has 190 valence electrons. The number of cyclic esters (lactones) is 1. The lowest BCUT2D eigenvalue weighted by molar-refractivity contribution is -0.159. The SMILES string of the molecule is COc1ccnc(C(=O)N[C@H]2COCC[C@@H](OCCCC(F)(F)F)[C@H](C)OC2=O)c1OC(C)=O. The van der Waals surface area contributed by atoms with E-state index in [9.17, 15) is 27.6 Å². The van der Waals surface area contributed by atoms with Crippen LogP contribution in [0.15, 0.2) is 12.3 Å². The van der Waals surface area contributed by atoms with Gasteiger partial charge in [-0.15, -0.1) is 0 Å². The summed E-state index contributed by atoms with van der Waals surface area (Å²) < 4.78 is 63.3. The third-order valence-corrected chi connectivity index (χ3v) is 4.73. The summed E-state index contributed by atoms with van der Waals surface area (Å²) in [7, 11) is 1.32. The monoisotopic (exact) mass is 492 g/mol. The molecule has 2 heterocycles. The first-order chi connectivity index (χ1) is 16.0. The Hall–Kier alpha value is -2.93. The van der Waals surface area contributed by atoms with Crippen molar-refractivity contribution in [3.05, 3.63) is 18.0 Å². The second-order valence-electron chi connectivity index (χ2n) is 7.44. The molecule has 0 spiro atoms. The molecule has 2 rings (SSSR count). The number of pyridine rings is 1. The summed E-state index contributed by atoms with van der Waals surface area (Å²) in [4.78, 5) is 40.8. The highest BCUT2D eigenvalue weighted by atomic mass is 19.4. The number of aromatic nitrogens is 1. The molecular formula is C21H27F3N2O8. The fourth-order valence-electron chi connectivity index (χ4n) is 3.09. The van der Waals surface area contributed by atoms with Gasteiger partial charge in [-0.05, 0) is 13.3 Å². The normalized spacial score (nSPS) is 21.5. The Morgan fingerprint density at radius 2 is 2.06 bits per heavy atom. The van der Waals surface area contributed by atoms with E-state index in [1.807, 2.05) is 0 Å². The summed E-state index contributed by atoms with van der Waals surface area (Å²) in [6, 6.07) is 0.167. The van der Waals surface area contributed by atoms with E-state index < -0.39 is 48.7 Å². The smallest absolute Gasteiger partial charge is 0.389 e. The predicted octanol–water partition coefficient (Wildman–Crippen LogP) is 2.19. The molecule has 0 aliphatic carbocycles. The van der Waals surface area contributed by atoms with Crippen LogP contribution in [0.5, 0.6) is 11.5 Å². The highest BCUT2D eigenvalue weighted by Gasteiger charge is 2.32. The number of nitrogens with one attached hydrogen (secondary N) is 1. The van der Waals surface area contributed by atoms with Gasteiger partial charge in [0.25, 0.3) is 5.91 Å². The fourth-order valence-corrected chi connectivity index (χ4v) is 3.09. The molecule has 0 radical (unpaired) electrons. The lowest BCUT2D eigenvalue weighted by atomic mass is 10.1. The second-order valence-corrected chi connectivity index (χ2v) is 7.44. The Bertz CT molecular complexity index is 865. The van der Waals surface area contributed by atoms with Crippen molar-refractivity contribution in [1.29, 1.82) is 0 Å². The number of rotatable bonds is 8. The van der Waals surface area contributed by atoms with Crippen molar-refractivity contribution in [1.82, 2.24) is 10.3 Å². The van der Waals surface area contributed by atoms with E-state index in [-0.39, 0.29) is 49.9 Å². The van der Waals surface area contributed by atoms with Gasteiger partial charge in [0, 0.05) is 45.2 Å². The van der Waals surface area contributed by atoms with E-state index in [0.29, 0.717) is 0 Å². The summed E-state index contributed by atoms with van der Waals surface area (Å²) in [5.74, 6) is -2.51. The maximum Gasteiger partial charge on any atom is 0.389 e. The minimum absolute atomic E-state index is 0.0859. The first-order valence-corrected chi connectivity index (χ1v) is 10.5. The Balaban J connectivity index is 2.05. The third-order valence-electron chi connectivity index (χ3n) is 4.73. The van der Waals surface area contributed by atoms with Gasteiger partial charge < -0.3 is 29.0 Å². The number of nitrogens with zero attached hydrogens (tertiary/aromatic N) is 1. The molecule has 1 saturated heterocycles. The molecule has 1 aromatic heterocycles. The van der Waals surface area contributed by atoms with Crippen LogP contribution in [-0.2, 0) is 23.8 Å². The molecule has 0 saturated carbocycles. The number of hydrogen-bond acceptors (Lipinski definition) is 9. The first kappa shape index (κ1) is 27.3. The minimum atomic E-state index is -4.28. The topological polar surface area (TPSA) is 122 Å². The van der Waals surface area contributed by atoms with E-state index in [0.717, 1.165) is 6.92 Å². The van der Waals surface area contributed by atoms with Crippen LogP contribution < -0.4 is 14.8 Å². The van der Waals surface area contributed by atoms with Crippen molar-refractivity contribution in [2.75, 3.05) is 26.9 Å². The summed E-state index contributed by atoms with van der Waals surface area (Å²) in [6.07, 6.45) is -5.42. The Morgan fingerprint density at radius 1 is 1.32 bits per heavy atom. The molecule has 1 fully saturated rings. The van der Waals surface area contributed by atoms with E-state index in [4.69, 9.17) is 23.7 Å². The van der Waals surface area contributed by atoms with Crippen molar-refractivity contribution < 1.29 is 51.2 Å². The average Bonchev–Trinajstić information content (AvgIpc) is 2.81. The zero-order valence-electron chi connectivity index (χ0n) is 19.0. The van der Waals surface area contributed by atoms with Gasteiger partial charge >= 0.3 is 18.1 Å². The molecule has 34 heavy (non-hydrogen) atoms. The fraction of sp³-hybridized carbons (Fsp3) is 0.619. The molecule has 0 unspecified atom stereocenters. The second kappa shape index (κ2) is 12.5. The molecule has 1 N–H and O–H groups in total. The summed E-state index contributed by atoms with van der Waals surface area (Å²) in [5.41, 5.74) is -0.291. The number of carbonyl (C=O) groups is 3. The number of esters is 2. The van der Waals surface area contributed by atoms with Gasteiger partial charge in [0.2, 0.25) is 5.75 Å². The number of ether oxygens (including phenoxy) is 5. The van der Waals surface area contributed by atoms with Crippen molar-refractivity contribution >= 4 is 17.8 Å². The van der Waals surface area contributed by atoms with Crippen LogP contribution in [0.2, 0.25) is 0 Å². The minimum Gasteiger partial charge on any atom is -0.493 e. The number of alkyl halides is 3. The van der Waals surface area contributed by atoms with E-state index >= 15 is 0 Å². The van der Waals surface area contributed by atoms with Gasteiger partial charge in [0.05, 0.1) is 19.8 Å². The number of carbonyl (C=O) groups excluding carboxylic acids is 3. The van der Waals surface area contributed by atoms with Gasteiger partial charge in [-0.25, -0.2) is 9.78 Å². The standard InChI is InChI=1S/C21H27F3N2O8/c1-12-15(32-9-4-7-21(22,23)24)6-10-31-11-14(20(29)33-12)26-19(28)17-18(34-13(2)27)16(30-3)5-8-25-17/h5,8,12,14-15H,4,6-7,9-11H2,1-3H3,(H,26,28)/t12-,14-,15+/m0/s1. The molecule has 0 aromatic carbocycles. The predicted molar refractivity (Wildman–Crippen MR) is 109 cm³/mol. The summed E-state index contributed by atoms with van der Waals surface area (Å²) >= 11 is 0. The van der Waals surface area contributed by atoms with E-state index in [2.05, 4.69) is 10.3 Å². The van der Waals surface area contributed by atoms with Crippen LogP contribution in [0, 0.1) is 0 Å². The van der Waals surface area contributed by atoms with Crippen molar-refractivity contribution in [3.63, 3.8) is 0 Å². The maximum atomic E-state index is 12.8. The van der Waals surface area contributed by atoms with Crippen LogP contribution in [-0.4, -0.2) is 74.2 Å². The number of methoxy groups -OCH3 is 1. The quantitative estimate of drug-likeness (QED) is 0.430. The van der Waals surface area contributed by atoms with Gasteiger partial charge in [-0.1, -0.05) is 0 Å². The largest absolute Gasteiger partial charge is 0.493 e. The van der Waals surface area contributed by atoms with E-state index in [1.54, 1.807) is 6.92 Å². The van der Waals surface area contributed by atoms with Gasteiger partial charge in [0.15, 0.2) is 17.5 Å². The average molecular weight is 492 g/mol. The Kier molecular flexibility index (Phi) is 10.1. The van der Waals surface area contributed by atoms with Crippen LogP contribution in [0.1, 0.15) is 43.6 Å². The van der Waals surface area contributed by atoms with Crippen LogP contribution in [0.25, 0.3) is 0 Å². The van der Waals surface area contributed by atoms with Gasteiger partial charge in [0.1, 0.15) is 6.10 Å². The summed E-state index contributed by atoms with van der Waals surface area (Å²) in [5, 5.41) is 2.44. The lowest BCUT2D eigenvalue weighted by Gasteiger charge is -2.24.